The molecule has 1 aromatic carbocycles. The number of hydrogen-bond acceptors (Lipinski definition) is 4. The highest BCUT2D eigenvalue weighted by molar-refractivity contribution is 7.89. The molecule has 0 bridgehead atoms. The summed E-state index contributed by atoms with van der Waals surface area (Å²) in [5, 5.41) is 3.15. The van der Waals surface area contributed by atoms with E-state index in [4.69, 9.17) is 4.74 Å². The van der Waals surface area contributed by atoms with Gasteiger partial charge >= 0.3 is 0 Å². The number of fused-ring (bicyclic) bond motifs is 1. The number of hydrogen-bond donors (Lipinski definition) is 1. The Kier molecular flexibility index (Phi) is 5.30. The summed E-state index contributed by atoms with van der Waals surface area (Å²) in [4.78, 5) is 12.9. The Balaban J connectivity index is 1.73. The maximum Gasteiger partial charge on any atom is 0.224 e. The summed E-state index contributed by atoms with van der Waals surface area (Å²) in [5.41, 5.74) is 0.616. The first-order chi connectivity index (χ1) is 12.2. The highest BCUT2D eigenvalue weighted by Crippen LogP contribution is 2.39. The molecular formula is C19H28N2O4S. The molecule has 2 unspecified atom stereocenters. The molecule has 1 aromatic rings. The molecule has 0 aromatic heterocycles. The molecule has 1 amide bonds. The van der Waals surface area contributed by atoms with Crippen molar-refractivity contribution in [3.63, 3.8) is 0 Å². The van der Waals surface area contributed by atoms with Crippen LogP contribution in [0.15, 0.2) is 24.3 Å². The van der Waals surface area contributed by atoms with Crippen molar-refractivity contribution in [1.29, 1.82) is 0 Å². The summed E-state index contributed by atoms with van der Waals surface area (Å²) in [7, 11) is -3.25. The van der Waals surface area contributed by atoms with E-state index < -0.39 is 10.0 Å². The smallest absolute Gasteiger partial charge is 0.224 e. The van der Waals surface area contributed by atoms with E-state index in [0.29, 0.717) is 19.4 Å². The van der Waals surface area contributed by atoms with Gasteiger partial charge in [-0.15, -0.1) is 0 Å². The third-order valence-electron chi connectivity index (χ3n) is 5.21. The number of rotatable bonds is 4. The number of nitrogens with zero attached hydrogens (tertiary/aromatic N) is 1. The van der Waals surface area contributed by atoms with Gasteiger partial charge in [-0.05, 0) is 39.7 Å². The maximum absolute atomic E-state index is 12.9. The topological polar surface area (TPSA) is 75.7 Å². The Bertz CT molecular complexity index is 775. The number of sulfonamides is 1. The predicted octanol–water partition coefficient (Wildman–Crippen LogP) is 2.47. The zero-order chi connectivity index (χ0) is 18.9. The third kappa shape index (κ3) is 4.04. The quantitative estimate of drug-likeness (QED) is 0.871. The van der Waals surface area contributed by atoms with E-state index in [1.807, 2.05) is 38.1 Å². The van der Waals surface area contributed by atoms with Gasteiger partial charge in [-0.2, -0.15) is 0 Å². The predicted molar refractivity (Wildman–Crippen MR) is 100 cm³/mol. The number of para-hydroxylation sites is 1. The van der Waals surface area contributed by atoms with Crippen LogP contribution in [0.25, 0.3) is 0 Å². The number of amides is 1. The molecule has 26 heavy (non-hydrogen) atoms. The number of ether oxygens (including phenoxy) is 1. The van der Waals surface area contributed by atoms with Gasteiger partial charge < -0.3 is 10.1 Å². The lowest BCUT2D eigenvalue weighted by Crippen LogP contribution is -2.48. The molecule has 1 fully saturated rings. The van der Waals surface area contributed by atoms with Crippen molar-refractivity contribution in [1.82, 2.24) is 9.62 Å². The lowest BCUT2D eigenvalue weighted by atomic mass is 9.89. The van der Waals surface area contributed by atoms with Crippen molar-refractivity contribution in [3.05, 3.63) is 29.8 Å². The monoisotopic (exact) mass is 380 g/mol. The van der Waals surface area contributed by atoms with Gasteiger partial charge in [0.2, 0.25) is 15.9 Å². The molecule has 3 rings (SSSR count). The largest absolute Gasteiger partial charge is 0.487 e. The van der Waals surface area contributed by atoms with Crippen LogP contribution in [0.5, 0.6) is 5.75 Å². The summed E-state index contributed by atoms with van der Waals surface area (Å²) in [6.07, 6.45) is 2.11. The van der Waals surface area contributed by atoms with Crippen molar-refractivity contribution in [3.8, 4) is 5.75 Å². The van der Waals surface area contributed by atoms with Gasteiger partial charge in [-0.1, -0.05) is 18.2 Å². The van der Waals surface area contributed by atoms with E-state index >= 15 is 0 Å². The van der Waals surface area contributed by atoms with Gasteiger partial charge in [0.1, 0.15) is 11.4 Å². The molecule has 1 saturated heterocycles. The number of carbonyl (C=O) groups excluding carboxylic acids is 1. The minimum absolute atomic E-state index is 0.0708. The average Bonchev–Trinajstić information content (AvgIpc) is 2.61. The second kappa shape index (κ2) is 7.19. The fraction of sp³-hybridized carbons (Fsp3) is 0.632. The molecule has 0 spiro atoms. The number of carbonyl (C=O) groups is 1. The zero-order valence-electron chi connectivity index (χ0n) is 15.7. The van der Waals surface area contributed by atoms with Crippen molar-refractivity contribution in [2.24, 2.45) is 5.92 Å². The minimum atomic E-state index is -3.25. The van der Waals surface area contributed by atoms with E-state index in [2.05, 4.69) is 5.32 Å². The molecule has 144 valence electrons. The highest BCUT2D eigenvalue weighted by atomic mass is 32.2. The first-order valence-electron chi connectivity index (χ1n) is 9.28. The molecule has 2 heterocycles. The summed E-state index contributed by atoms with van der Waals surface area (Å²) in [5.74, 6) is 0.498. The van der Waals surface area contributed by atoms with Crippen LogP contribution in [0.3, 0.4) is 0 Å². The lowest BCUT2D eigenvalue weighted by Gasteiger charge is -2.39. The molecular weight excluding hydrogens is 352 g/mol. The molecule has 2 aliphatic heterocycles. The Morgan fingerprint density at radius 1 is 1.35 bits per heavy atom. The standard InChI is InChI=1S/C19H28N2O4S/c1-4-26(23,24)21-11-7-8-14(13-21)18(22)20-16-12-19(2,3)25-17-10-6-5-9-15(16)17/h5-6,9-10,14,16H,4,7-8,11-13H2,1-3H3,(H,20,22). The van der Waals surface area contributed by atoms with E-state index in [0.717, 1.165) is 17.7 Å². The second-order valence-electron chi connectivity index (χ2n) is 7.76. The number of nitrogens with one attached hydrogen (secondary N) is 1. The molecule has 0 aliphatic carbocycles. The minimum Gasteiger partial charge on any atom is -0.487 e. The van der Waals surface area contributed by atoms with E-state index in [1.165, 1.54) is 4.31 Å². The zero-order valence-corrected chi connectivity index (χ0v) is 16.5. The fourth-order valence-corrected chi connectivity index (χ4v) is 4.99. The average molecular weight is 381 g/mol. The van der Waals surface area contributed by atoms with Crippen LogP contribution < -0.4 is 10.1 Å². The number of piperidine rings is 1. The van der Waals surface area contributed by atoms with Crippen molar-refractivity contribution in [2.45, 2.75) is 51.7 Å². The van der Waals surface area contributed by atoms with Crippen LogP contribution in [-0.4, -0.2) is 43.1 Å². The van der Waals surface area contributed by atoms with Crippen molar-refractivity contribution >= 4 is 15.9 Å². The Morgan fingerprint density at radius 3 is 2.81 bits per heavy atom. The van der Waals surface area contributed by atoms with Crippen LogP contribution in [0.4, 0.5) is 0 Å². The van der Waals surface area contributed by atoms with Gasteiger partial charge in [-0.3, -0.25) is 4.79 Å². The summed E-state index contributed by atoms with van der Waals surface area (Å²) < 4.78 is 31.8. The maximum atomic E-state index is 12.9. The Hall–Kier alpha value is -1.60. The lowest BCUT2D eigenvalue weighted by molar-refractivity contribution is -0.127. The summed E-state index contributed by atoms with van der Waals surface area (Å²) in [6.45, 7) is 6.44. The van der Waals surface area contributed by atoms with Crippen molar-refractivity contribution in [2.75, 3.05) is 18.8 Å². The van der Waals surface area contributed by atoms with Crippen LogP contribution in [-0.2, 0) is 14.8 Å². The van der Waals surface area contributed by atoms with Crippen LogP contribution in [0.2, 0.25) is 0 Å². The molecule has 0 saturated carbocycles. The molecule has 7 heteroatoms. The van der Waals surface area contributed by atoms with Gasteiger partial charge in [-0.25, -0.2) is 12.7 Å². The van der Waals surface area contributed by atoms with Gasteiger partial charge in [0.15, 0.2) is 0 Å². The molecule has 2 aliphatic rings. The Morgan fingerprint density at radius 2 is 2.08 bits per heavy atom. The van der Waals surface area contributed by atoms with E-state index in [1.54, 1.807) is 6.92 Å². The molecule has 2 atom stereocenters. The van der Waals surface area contributed by atoms with E-state index in [9.17, 15) is 13.2 Å². The normalized spacial score (nSPS) is 25.8. The van der Waals surface area contributed by atoms with Gasteiger partial charge in [0.05, 0.1) is 17.7 Å². The van der Waals surface area contributed by atoms with Crippen LogP contribution in [0.1, 0.15) is 51.6 Å². The Labute approximate surface area is 156 Å². The first-order valence-corrected chi connectivity index (χ1v) is 10.9. The van der Waals surface area contributed by atoms with E-state index in [-0.39, 0.29) is 35.8 Å². The second-order valence-corrected chi connectivity index (χ2v) is 10.0. The summed E-state index contributed by atoms with van der Waals surface area (Å²) >= 11 is 0. The molecule has 6 nitrogen and oxygen atoms in total. The fourth-order valence-electron chi connectivity index (χ4n) is 3.81. The molecule has 0 radical (unpaired) electrons. The van der Waals surface area contributed by atoms with Crippen molar-refractivity contribution < 1.29 is 17.9 Å². The van der Waals surface area contributed by atoms with Gasteiger partial charge in [0.25, 0.3) is 0 Å². The van der Waals surface area contributed by atoms with Gasteiger partial charge in [0, 0.05) is 25.1 Å². The SMILES string of the molecule is CCS(=O)(=O)N1CCCC(C(=O)NC2CC(C)(C)Oc3ccccc32)C1. The highest BCUT2D eigenvalue weighted by Gasteiger charge is 2.37. The van der Waals surface area contributed by atoms with Crippen LogP contribution >= 0.6 is 0 Å². The van der Waals surface area contributed by atoms with Crippen LogP contribution in [0, 0.1) is 5.92 Å². The number of benzene rings is 1. The first kappa shape index (κ1) is 19.2. The molecule has 1 N–H and O–H groups in total. The summed E-state index contributed by atoms with van der Waals surface area (Å²) in [6, 6.07) is 7.64. The third-order valence-corrected chi connectivity index (χ3v) is 7.05.